The third-order valence-corrected chi connectivity index (χ3v) is 7.19. The zero-order valence-electron chi connectivity index (χ0n) is 20.8. The van der Waals surface area contributed by atoms with Crippen LogP contribution in [-0.4, -0.2) is 88.9 Å². The van der Waals surface area contributed by atoms with E-state index in [1.807, 2.05) is 29.2 Å². The van der Waals surface area contributed by atoms with Gasteiger partial charge in [0.15, 0.2) is 0 Å². The molecule has 0 saturated carbocycles. The first-order valence-corrected chi connectivity index (χ1v) is 13.4. The molecule has 37 heavy (non-hydrogen) atoms. The Hall–Kier alpha value is -2.59. The van der Waals surface area contributed by atoms with Crippen molar-refractivity contribution < 1.29 is 24.6 Å². The number of hydrogen-bond acceptors (Lipinski definition) is 6. The molecular weight excluding hydrogens is 514 g/mol. The van der Waals surface area contributed by atoms with E-state index in [0.717, 1.165) is 31.1 Å². The number of amides is 2. The summed E-state index contributed by atoms with van der Waals surface area (Å²) in [4.78, 5) is 42.3. The minimum atomic E-state index is -0.917. The molecule has 1 fully saturated rings. The molecule has 3 rings (SSSR count). The van der Waals surface area contributed by atoms with Crippen molar-refractivity contribution in [3.8, 4) is 0 Å². The van der Waals surface area contributed by atoms with Gasteiger partial charge >= 0.3 is 5.97 Å². The number of nitrogens with zero attached hydrogens (tertiary/aromatic N) is 3. The normalized spacial score (nSPS) is 14.8. The van der Waals surface area contributed by atoms with Crippen LogP contribution >= 0.6 is 24.2 Å². The lowest BCUT2D eigenvalue weighted by molar-refractivity contribution is -0.137. The van der Waals surface area contributed by atoms with Gasteiger partial charge in [-0.1, -0.05) is 23.7 Å². The fraction of sp³-hybridized carbons (Fsp3) is 0.444. The summed E-state index contributed by atoms with van der Waals surface area (Å²) in [5.41, 5.74) is 2.33. The van der Waals surface area contributed by atoms with Gasteiger partial charge in [0.25, 0.3) is 5.91 Å². The van der Waals surface area contributed by atoms with E-state index < -0.39 is 11.2 Å². The van der Waals surface area contributed by atoms with Crippen LogP contribution in [0, 0.1) is 0 Å². The third kappa shape index (κ3) is 8.74. The Morgan fingerprint density at radius 2 is 1.65 bits per heavy atom. The number of halogens is 1. The number of piperazine rings is 1. The Bertz CT molecular complexity index is 1040. The van der Waals surface area contributed by atoms with Crippen molar-refractivity contribution in [1.82, 2.24) is 9.80 Å². The Morgan fingerprint density at radius 1 is 1.00 bits per heavy atom. The van der Waals surface area contributed by atoms with E-state index in [4.69, 9.17) is 16.7 Å². The number of benzene rings is 2. The first kappa shape index (κ1) is 29.0. The van der Waals surface area contributed by atoms with Gasteiger partial charge in [-0.25, -0.2) is 0 Å². The van der Waals surface area contributed by atoms with Crippen LogP contribution in [0.5, 0.6) is 0 Å². The van der Waals surface area contributed by atoms with Crippen LogP contribution in [0.25, 0.3) is 0 Å². The molecule has 0 aliphatic carbocycles. The summed E-state index contributed by atoms with van der Waals surface area (Å²) in [5, 5.41) is 18.3. The second-order valence-electron chi connectivity index (χ2n) is 9.07. The summed E-state index contributed by atoms with van der Waals surface area (Å²) in [5.74, 6) is -1.28. The Morgan fingerprint density at radius 3 is 2.24 bits per heavy atom. The number of aliphatic carboxylic acids is 1. The highest BCUT2D eigenvalue weighted by molar-refractivity contribution is 7.81. The van der Waals surface area contributed by atoms with E-state index in [-0.39, 0.29) is 31.4 Å². The van der Waals surface area contributed by atoms with Crippen molar-refractivity contribution in [1.29, 1.82) is 0 Å². The summed E-state index contributed by atoms with van der Waals surface area (Å²) >= 11 is 10.3. The maximum Gasteiger partial charge on any atom is 0.303 e. The minimum Gasteiger partial charge on any atom is -0.481 e. The van der Waals surface area contributed by atoms with E-state index in [9.17, 15) is 19.5 Å². The van der Waals surface area contributed by atoms with Crippen LogP contribution in [-0.2, 0) is 16.0 Å². The molecule has 1 atom stereocenters. The molecule has 2 aromatic rings. The largest absolute Gasteiger partial charge is 0.481 e. The lowest BCUT2D eigenvalue weighted by atomic mass is 10.1. The average molecular weight is 548 g/mol. The summed E-state index contributed by atoms with van der Waals surface area (Å²) < 4.78 is 0. The minimum absolute atomic E-state index is 0.0300. The standard InChI is InChI=1S/C27H34ClN3O5S/c28-22-8-4-20(5-9-22)12-13-29-14-16-30(17-15-29)26(35)21-6-10-23(11-7-21)31(18-19-32)27(36)24(37)2-1-3-25(33)34/h4-11,24,32,37H,1-3,12-19H2,(H,33,34). The Balaban J connectivity index is 1.52. The first-order valence-electron chi connectivity index (χ1n) is 12.5. The number of anilines is 1. The highest BCUT2D eigenvalue weighted by Gasteiger charge is 2.25. The van der Waals surface area contributed by atoms with Crippen molar-refractivity contribution in [3.05, 3.63) is 64.7 Å². The van der Waals surface area contributed by atoms with Gasteiger partial charge in [-0.05, 0) is 61.2 Å². The fourth-order valence-corrected chi connectivity index (χ4v) is 4.74. The first-order chi connectivity index (χ1) is 17.8. The molecule has 2 N–H and O–H groups in total. The molecule has 2 amide bonds. The highest BCUT2D eigenvalue weighted by Crippen LogP contribution is 2.21. The van der Waals surface area contributed by atoms with E-state index in [0.29, 0.717) is 37.2 Å². The second kappa shape index (κ2) is 14.4. The monoisotopic (exact) mass is 547 g/mol. The molecule has 1 heterocycles. The molecule has 1 aliphatic rings. The van der Waals surface area contributed by atoms with E-state index in [2.05, 4.69) is 17.5 Å². The molecule has 0 aromatic heterocycles. The van der Waals surface area contributed by atoms with E-state index in [1.165, 1.54) is 10.5 Å². The second-order valence-corrected chi connectivity index (χ2v) is 10.1. The smallest absolute Gasteiger partial charge is 0.303 e. The van der Waals surface area contributed by atoms with Crippen LogP contribution in [0.4, 0.5) is 5.69 Å². The number of thiol groups is 1. The van der Waals surface area contributed by atoms with Gasteiger partial charge in [-0.3, -0.25) is 19.3 Å². The van der Waals surface area contributed by atoms with Crippen LogP contribution in [0.3, 0.4) is 0 Å². The van der Waals surface area contributed by atoms with Crippen molar-refractivity contribution in [2.45, 2.75) is 30.9 Å². The number of rotatable bonds is 12. The summed E-state index contributed by atoms with van der Waals surface area (Å²) in [6.07, 6.45) is 1.56. The number of carbonyl (C=O) groups excluding carboxylic acids is 2. The Kier molecular flexibility index (Phi) is 11.3. The van der Waals surface area contributed by atoms with Gasteiger partial charge < -0.3 is 20.0 Å². The molecule has 1 saturated heterocycles. The average Bonchev–Trinajstić information content (AvgIpc) is 2.91. The predicted molar refractivity (Wildman–Crippen MR) is 148 cm³/mol. The van der Waals surface area contributed by atoms with Crippen molar-refractivity contribution in [2.24, 2.45) is 0 Å². The van der Waals surface area contributed by atoms with Gasteiger partial charge in [0.05, 0.1) is 11.9 Å². The number of carbonyl (C=O) groups is 3. The molecule has 1 unspecified atom stereocenters. The number of carboxylic acids is 1. The predicted octanol–water partition coefficient (Wildman–Crippen LogP) is 3.22. The van der Waals surface area contributed by atoms with Crippen LogP contribution in [0.2, 0.25) is 5.02 Å². The molecular formula is C27H34ClN3O5S. The van der Waals surface area contributed by atoms with Crippen LogP contribution < -0.4 is 4.90 Å². The third-order valence-electron chi connectivity index (χ3n) is 6.46. The van der Waals surface area contributed by atoms with Gasteiger partial charge in [-0.15, -0.1) is 0 Å². The molecule has 200 valence electrons. The van der Waals surface area contributed by atoms with Gasteiger partial charge in [0, 0.05) is 62.0 Å². The number of aliphatic hydroxyl groups excluding tert-OH is 1. The maximum absolute atomic E-state index is 13.1. The van der Waals surface area contributed by atoms with Gasteiger partial charge in [0.1, 0.15) is 0 Å². The lowest BCUT2D eigenvalue weighted by Gasteiger charge is -2.35. The molecule has 0 bridgehead atoms. The van der Waals surface area contributed by atoms with E-state index in [1.54, 1.807) is 24.3 Å². The summed E-state index contributed by atoms with van der Waals surface area (Å²) in [7, 11) is 0. The van der Waals surface area contributed by atoms with Gasteiger partial charge in [-0.2, -0.15) is 12.6 Å². The maximum atomic E-state index is 13.1. The molecule has 8 nitrogen and oxygen atoms in total. The number of aliphatic hydroxyl groups is 1. The van der Waals surface area contributed by atoms with Gasteiger partial charge in [0.2, 0.25) is 5.91 Å². The Labute approximate surface area is 228 Å². The fourth-order valence-electron chi connectivity index (χ4n) is 4.30. The summed E-state index contributed by atoms with van der Waals surface area (Å²) in [6, 6.07) is 14.7. The molecule has 0 radical (unpaired) electrons. The molecule has 0 spiro atoms. The SMILES string of the molecule is O=C(O)CCCC(S)C(=O)N(CCO)c1ccc(C(=O)N2CCN(CCc3ccc(Cl)cc3)CC2)cc1. The van der Waals surface area contributed by atoms with Crippen LogP contribution in [0.15, 0.2) is 48.5 Å². The van der Waals surface area contributed by atoms with Crippen molar-refractivity contribution in [3.63, 3.8) is 0 Å². The molecule has 10 heteroatoms. The zero-order valence-corrected chi connectivity index (χ0v) is 22.4. The highest BCUT2D eigenvalue weighted by atomic mass is 35.5. The summed E-state index contributed by atoms with van der Waals surface area (Å²) in [6.45, 7) is 3.69. The zero-order chi connectivity index (χ0) is 26.8. The molecule has 1 aliphatic heterocycles. The van der Waals surface area contributed by atoms with Crippen molar-refractivity contribution in [2.75, 3.05) is 50.8 Å². The van der Waals surface area contributed by atoms with Crippen LogP contribution in [0.1, 0.15) is 35.2 Å². The topological polar surface area (TPSA) is 101 Å². The quantitative estimate of drug-likeness (QED) is 0.353. The lowest BCUT2D eigenvalue weighted by Crippen LogP contribution is -2.49. The molecule has 2 aromatic carbocycles. The number of carboxylic acid groups (broad SMARTS) is 1. The number of hydrogen-bond donors (Lipinski definition) is 3. The van der Waals surface area contributed by atoms with E-state index >= 15 is 0 Å². The van der Waals surface area contributed by atoms with Crippen molar-refractivity contribution >= 4 is 47.7 Å².